The van der Waals surface area contributed by atoms with E-state index in [1.807, 2.05) is 19.9 Å². The monoisotopic (exact) mass is 281 g/mol. The summed E-state index contributed by atoms with van der Waals surface area (Å²) in [6.07, 6.45) is 0. The van der Waals surface area contributed by atoms with Crippen molar-refractivity contribution in [3.05, 3.63) is 40.3 Å². The molecule has 102 valence electrons. The molecule has 0 aliphatic carbocycles. The van der Waals surface area contributed by atoms with Gasteiger partial charge in [-0.05, 0) is 47.1 Å². The highest BCUT2D eigenvalue weighted by atomic mass is 32.1. The summed E-state index contributed by atoms with van der Waals surface area (Å²) < 4.78 is 31.2. The van der Waals surface area contributed by atoms with Gasteiger partial charge in [0, 0.05) is 10.4 Å². The third-order valence-electron chi connectivity index (χ3n) is 3.09. The number of halogens is 2. The van der Waals surface area contributed by atoms with Gasteiger partial charge in [-0.15, -0.1) is 0 Å². The maximum atomic E-state index is 13.5. The Morgan fingerprint density at radius 3 is 2.11 bits per heavy atom. The molecule has 0 aliphatic rings. The van der Waals surface area contributed by atoms with Crippen molar-refractivity contribution >= 4 is 11.5 Å². The molecular weight excluding hydrogens is 264 g/mol. The van der Waals surface area contributed by atoms with E-state index < -0.39 is 11.6 Å². The molecule has 0 unspecified atom stereocenters. The average Bonchev–Trinajstić information content (AvgIpc) is 2.81. The summed E-state index contributed by atoms with van der Waals surface area (Å²) in [4.78, 5) is 1.15. The number of rotatable bonds is 3. The minimum atomic E-state index is -0.821. The van der Waals surface area contributed by atoms with E-state index in [2.05, 4.69) is 18.2 Å². The Hall–Kier alpha value is -1.29. The minimum Gasteiger partial charge on any atom is -0.204 e. The van der Waals surface area contributed by atoms with Crippen molar-refractivity contribution < 1.29 is 8.78 Å². The quantitative estimate of drug-likeness (QED) is 0.740. The predicted octanol–water partition coefficient (Wildman–Crippen LogP) is 5.34. The van der Waals surface area contributed by atoms with Crippen LogP contribution in [0.15, 0.2) is 18.2 Å². The minimum absolute atomic E-state index is 0.120. The van der Waals surface area contributed by atoms with Crippen LogP contribution in [0, 0.1) is 11.6 Å². The molecule has 0 saturated heterocycles. The first-order chi connectivity index (χ1) is 8.90. The lowest BCUT2D eigenvalue weighted by Crippen LogP contribution is -1.97. The normalized spacial score (nSPS) is 11.6. The van der Waals surface area contributed by atoms with E-state index in [1.54, 1.807) is 0 Å². The first-order valence-corrected chi connectivity index (χ1v) is 7.13. The van der Waals surface area contributed by atoms with Crippen LogP contribution in [0.25, 0.3) is 11.3 Å². The zero-order chi connectivity index (χ0) is 14.2. The Morgan fingerprint density at radius 2 is 1.58 bits per heavy atom. The highest BCUT2D eigenvalue weighted by Gasteiger charge is 2.16. The highest BCUT2D eigenvalue weighted by Crippen LogP contribution is 2.33. The standard InChI is InChI=1S/C15H17F2NS/c1-8(2)10-5-12(16)13(17)6-11(10)14-7-15(9(3)4)19-18-14/h5-9H,1-4H3. The molecule has 19 heavy (non-hydrogen) atoms. The van der Waals surface area contributed by atoms with E-state index in [0.29, 0.717) is 11.5 Å². The number of benzene rings is 1. The summed E-state index contributed by atoms with van der Waals surface area (Å²) in [6, 6.07) is 4.50. The van der Waals surface area contributed by atoms with Crippen molar-refractivity contribution in [3.63, 3.8) is 0 Å². The van der Waals surface area contributed by atoms with Crippen molar-refractivity contribution in [2.45, 2.75) is 39.5 Å². The van der Waals surface area contributed by atoms with Gasteiger partial charge in [-0.3, -0.25) is 0 Å². The Labute approximate surface area is 116 Å². The van der Waals surface area contributed by atoms with Gasteiger partial charge in [0.1, 0.15) is 0 Å². The van der Waals surface area contributed by atoms with Gasteiger partial charge in [-0.25, -0.2) is 8.78 Å². The number of hydrogen-bond donors (Lipinski definition) is 0. The van der Waals surface area contributed by atoms with Crippen LogP contribution in [0.5, 0.6) is 0 Å². The van der Waals surface area contributed by atoms with E-state index in [-0.39, 0.29) is 5.92 Å². The molecule has 4 heteroatoms. The van der Waals surface area contributed by atoms with Crippen LogP contribution >= 0.6 is 11.5 Å². The summed E-state index contributed by atoms with van der Waals surface area (Å²) in [6.45, 7) is 8.11. The van der Waals surface area contributed by atoms with E-state index in [9.17, 15) is 8.78 Å². The van der Waals surface area contributed by atoms with Crippen LogP contribution in [0.1, 0.15) is 50.0 Å². The van der Waals surface area contributed by atoms with Crippen LogP contribution in [0.2, 0.25) is 0 Å². The second-order valence-electron chi connectivity index (χ2n) is 5.28. The molecule has 0 N–H and O–H groups in total. The second-order valence-corrected chi connectivity index (χ2v) is 6.11. The fourth-order valence-corrected chi connectivity index (χ4v) is 2.68. The molecule has 1 aromatic carbocycles. The summed E-state index contributed by atoms with van der Waals surface area (Å²) in [5, 5.41) is 0. The van der Waals surface area contributed by atoms with Crippen LogP contribution < -0.4 is 0 Å². The maximum Gasteiger partial charge on any atom is 0.159 e. The van der Waals surface area contributed by atoms with Gasteiger partial charge >= 0.3 is 0 Å². The average molecular weight is 281 g/mol. The van der Waals surface area contributed by atoms with Crippen LogP contribution in [-0.2, 0) is 0 Å². The molecular formula is C15H17F2NS. The SMILES string of the molecule is CC(C)c1cc(-c2cc(F)c(F)cc2C(C)C)ns1. The van der Waals surface area contributed by atoms with Crippen molar-refractivity contribution in [1.82, 2.24) is 4.37 Å². The highest BCUT2D eigenvalue weighted by molar-refractivity contribution is 7.06. The van der Waals surface area contributed by atoms with Crippen LogP contribution in [0.4, 0.5) is 8.78 Å². The predicted molar refractivity (Wildman–Crippen MR) is 75.6 cm³/mol. The molecule has 0 atom stereocenters. The molecule has 2 aromatic rings. The second kappa shape index (κ2) is 5.37. The fourth-order valence-electron chi connectivity index (χ4n) is 1.95. The summed E-state index contributed by atoms with van der Waals surface area (Å²) in [5.41, 5.74) is 2.22. The topological polar surface area (TPSA) is 12.9 Å². The summed E-state index contributed by atoms with van der Waals surface area (Å²) in [5.74, 6) is -1.11. The third-order valence-corrected chi connectivity index (χ3v) is 4.18. The largest absolute Gasteiger partial charge is 0.204 e. The molecule has 0 aliphatic heterocycles. The van der Waals surface area contributed by atoms with Gasteiger partial charge in [0.25, 0.3) is 0 Å². The lowest BCUT2D eigenvalue weighted by molar-refractivity contribution is 0.506. The number of nitrogens with zero attached hydrogens (tertiary/aromatic N) is 1. The molecule has 1 aromatic heterocycles. The molecule has 2 rings (SSSR count). The smallest absolute Gasteiger partial charge is 0.159 e. The first-order valence-electron chi connectivity index (χ1n) is 6.36. The van der Waals surface area contributed by atoms with Gasteiger partial charge in [-0.1, -0.05) is 27.7 Å². The lowest BCUT2D eigenvalue weighted by Gasteiger charge is -2.11. The van der Waals surface area contributed by atoms with Crippen LogP contribution in [0.3, 0.4) is 0 Å². The molecule has 0 bridgehead atoms. The zero-order valence-corrected chi connectivity index (χ0v) is 12.3. The van der Waals surface area contributed by atoms with Crippen molar-refractivity contribution in [2.75, 3.05) is 0 Å². The molecule has 0 saturated carbocycles. The van der Waals surface area contributed by atoms with Gasteiger partial charge in [0.05, 0.1) is 5.69 Å². The molecule has 0 amide bonds. The Bertz CT molecular complexity index is 588. The molecule has 0 radical (unpaired) electrons. The van der Waals surface area contributed by atoms with E-state index in [1.165, 1.54) is 23.7 Å². The van der Waals surface area contributed by atoms with Gasteiger partial charge in [0.15, 0.2) is 11.6 Å². The fraction of sp³-hybridized carbons (Fsp3) is 0.400. The maximum absolute atomic E-state index is 13.5. The molecule has 0 spiro atoms. The van der Waals surface area contributed by atoms with Gasteiger partial charge in [0.2, 0.25) is 0 Å². The molecule has 1 heterocycles. The van der Waals surface area contributed by atoms with Gasteiger partial charge < -0.3 is 0 Å². The Kier molecular flexibility index (Phi) is 3.99. The van der Waals surface area contributed by atoms with Crippen molar-refractivity contribution in [1.29, 1.82) is 0 Å². The van der Waals surface area contributed by atoms with E-state index in [0.717, 1.165) is 16.1 Å². The van der Waals surface area contributed by atoms with E-state index >= 15 is 0 Å². The molecule has 1 nitrogen and oxygen atoms in total. The summed E-state index contributed by atoms with van der Waals surface area (Å²) in [7, 11) is 0. The number of aromatic nitrogens is 1. The van der Waals surface area contributed by atoms with Crippen molar-refractivity contribution in [2.24, 2.45) is 0 Å². The van der Waals surface area contributed by atoms with Crippen LogP contribution in [-0.4, -0.2) is 4.37 Å². The Morgan fingerprint density at radius 1 is 0.947 bits per heavy atom. The Balaban J connectivity index is 2.56. The van der Waals surface area contributed by atoms with E-state index in [4.69, 9.17) is 0 Å². The van der Waals surface area contributed by atoms with Crippen molar-refractivity contribution in [3.8, 4) is 11.3 Å². The van der Waals surface area contributed by atoms with Gasteiger partial charge in [-0.2, -0.15) is 4.37 Å². The summed E-state index contributed by atoms with van der Waals surface area (Å²) >= 11 is 1.42. The third kappa shape index (κ3) is 2.84. The molecule has 0 fully saturated rings. The zero-order valence-electron chi connectivity index (χ0n) is 11.5. The first kappa shape index (κ1) is 14.1. The lowest BCUT2D eigenvalue weighted by atomic mass is 9.94. The number of hydrogen-bond acceptors (Lipinski definition) is 2.